The van der Waals surface area contributed by atoms with Crippen molar-refractivity contribution in [1.82, 2.24) is 14.9 Å². The second-order valence-electron chi connectivity index (χ2n) is 5.37. The van der Waals surface area contributed by atoms with Crippen molar-refractivity contribution in [3.05, 3.63) is 65.5 Å². The number of halogens is 2. The molecular weight excluding hydrogens is 316 g/mol. The molecule has 0 amide bonds. The third kappa shape index (κ3) is 3.22. The molecule has 1 N–H and O–H groups in total. The number of aromatic nitrogens is 1. The van der Waals surface area contributed by atoms with E-state index in [0.717, 1.165) is 5.06 Å². The molecule has 2 heterocycles. The monoisotopic (exact) mass is 333 g/mol. The van der Waals surface area contributed by atoms with Crippen LogP contribution in [-0.2, 0) is 4.74 Å². The average molecular weight is 333 g/mol. The van der Waals surface area contributed by atoms with E-state index in [1.807, 2.05) is 4.90 Å². The van der Waals surface area contributed by atoms with Crippen LogP contribution < -0.4 is 0 Å². The lowest BCUT2D eigenvalue weighted by molar-refractivity contribution is -0.0451. The molecule has 2 aromatic rings. The smallest absolute Gasteiger partial charge is 0.213 e. The highest BCUT2D eigenvalue weighted by molar-refractivity contribution is 5.90. The van der Waals surface area contributed by atoms with Gasteiger partial charge in [0.2, 0.25) is 5.95 Å². The SMILES string of the molecule is COCCN1CN(O)C(c2ccc(F)cc2)=C1c1ccnc(F)c1. The number of benzene rings is 1. The first kappa shape index (κ1) is 16.4. The first-order chi connectivity index (χ1) is 11.6. The topological polar surface area (TPSA) is 48.8 Å². The Morgan fingerprint density at radius 1 is 1.12 bits per heavy atom. The third-order valence-corrected chi connectivity index (χ3v) is 3.79. The fourth-order valence-electron chi connectivity index (χ4n) is 2.72. The molecule has 1 aromatic heterocycles. The Morgan fingerprint density at radius 2 is 1.88 bits per heavy atom. The molecule has 24 heavy (non-hydrogen) atoms. The highest BCUT2D eigenvalue weighted by Crippen LogP contribution is 2.36. The van der Waals surface area contributed by atoms with E-state index in [4.69, 9.17) is 4.74 Å². The zero-order valence-electron chi connectivity index (χ0n) is 13.1. The summed E-state index contributed by atoms with van der Waals surface area (Å²) in [4.78, 5) is 5.44. The predicted molar refractivity (Wildman–Crippen MR) is 84.5 cm³/mol. The number of nitrogens with zero attached hydrogens (tertiary/aromatic N) is 3. The Hall–Kier alpha value is -2.51. The summed E-state index contributed by atoms with van der Waals surface area (Å²) in [5, 5.41) is 11.4. The van der Waals surface area contributed by atoms with Crippen molar-refractivity contribution in [3.8, 4) is 0 Å². The van der Waals surface area contributed by atoms with Crippen LogP contribution in [0.1, 0.15) is 11.1 Å². The van der Waals surface area contributed by atoms with Crippen LogP contribution in [0, 0.1) is 11.8 Å². The molecule has 1 aliphatic heterocycles. The van der Waals surface area contributed by atoms with Crippen LogP contribution in [0.25, 0.3) is 11.4 Å². The van der Waals surface area contributed by atoms with Gasteiger partial charge >= 0.3 is 0 Å². The van der Waals surface area contributed by atoms with Gasteiger partial charge in [-0.05, 0) is 30.3 Å². The molecule has 5 nitrogen and oxygen atoms in total. The molecule has 3 rings (SSSR count). The summed E-state index contributed by atoms with van der Waals surface area (Å²) in [7, 11) is 1.59. The van der Waals surface area contributed by atoms with Crippen molar-refractivity contribution in [2.24, 2.45) is 0 Å². The van der Waals surface area contributed by atoms with E-state index in [9.17, 15) is 14.0 Å². The number of rotatable bonds is 5. The molecule has 0 atom stereocenters. The van der Waals surface area contributed by atoms with Gasteiger partial charge in [0.15, 0.2) is 0 Å². The fraction of sp³-hybridized carbons (Fsp3) is 0.235. The van der Waals surface area contributed by atoms with Gasteiger partial charge in [-0.15, -0.1) is 0 Å². The summed E-state index contributed by atoms with van der Waals surface area (Å²) in [5.74, 6) is -0.976. The van der Waals surface area contributed by atoms with Crippen LogP contribution in [0.15, 0.2) is 42.6 Å². The molecule has 1 aliphatic rings. The normalized spacial score (nSPS) is 14.7. The van der Waals surface area contributed by atoms with Crippen molar-refractivity contribution in [2.45, 2.75) is 0 Å². The van der Waals surface area contributed by atoms with Gasteiger partial charge in [0, 0.05) is 37.0 Å². The second kappa shape index (κ2) is 6.94. The molecule has 0 fully saturated rings. The predicted octanol–water partition coefficient (Wildman–Crippen LogP) is 2.80. The van der Waals surface area contributed by atoms with Crippen molar-refractivity contribution in [3.63, 3.8) is 0 Å². The summed E-state index contributed by atoms with van der Waals surface area (Å²) in [6, 6.07) is 8.76. The maximum absolute atomic E-state index is 13.6. The van der Waals surface area contributed by atoms with Gasteiger partial charge in [-0.25, -0.2) is 14.4 Å². The number of ether oxygens (including phenoxy) is 1. The van der Waals surface area contributed by atoms with E-state index in [2.05, 4.69) is 4.98 Å². The molecule has 126 valence electrons. The van der Waals surface area contributed by atoms with Crippen LogP contribution in [-0.4, -0.2) is 47.1 Å². The van der Waals surface area contributed by atoms with E-state index in [-0.39, 0.29) is 12.5 Å². The quantitative estimate of drug-likeness (QED) is 0.853. The molecule has 7 heteroatoms. The van der Waals surface area contributed by atoms with Crippen LogP contribution in [0.3, 0.4) is 0 Å². The molecule has 1 aromatic carbocycles. The highest BCUT2D eigenvalue weighted by Gasteiger charge is 2.30. The highest BCUT2D eigenvalue weighted by atomic mass is 19.1. The van der Waals surface area contributed by atoms with Gasteiger partial charge in [-0.2, -0.15) is 4.39 Å². The van der Waals surface area contributed by atoms with Crippen LogP contribution >= 0.6 is 0 Å². The third-order valence-electron chi connectivity index (χ3n) is 3.79. The fourth-order valence-corrected chi connectivity index (χ4v) is 2.72. The average Bonchev–Trinajstić information content (AvgIpc) is 2.90. The van der Waals surface area contributed by atoms with Crippen molar-refractivity contribution >= 4 is 11.4 Å². The van der Waals surface area contributed by atoms with Crippen molar-refractivity contribution in [1.29, 1.82) is 0 Å². The summed E-state index contributed by atoms with van der Waals surface area (Å²) in [6.07, 6.45) is 1.37. The van der Waals surface area contributed by atoms with E-state index < -0.39 is 5.95 Å². The first-order valence-corrected chi connectivity index (χ1v) is 7.42. The largest absolute Gasteiger partial charge is 0.383 e. The Morgan fingerprint density at radius 3 is 2.54 bits per heavy atom. The number of hydroxylamine groups is 2. The summed E-state index contributed by atoms with van der Waals surface area (Å²) < 4.78 is 31.9. The van der Waals surface area contributed by atoms with Crippen molar-refractivity contribution < 1.29 is 18.7 Å². The van der Waals surface area contributed by atoms with E-state index in [1.165, 1.54) is 24.4 Å². The minimum absolute atomic E-state index is 0.204. The van der Waals surface area contributed by atoms with E-state index >= 15 is 0 Å². The Bertz CT molecular complexity index is 750. The first-order valence-electron chi connectivity index (χ1n) is 7.42. The van der Waals surface area contributed by atoms with Crippen molar-refractivity contribution in [2.75, 3.05) is 26.9 Å². The zero-order valence-corrected chi connectivity index (χ0v) is 13.1. The maximum atomic E-state index is 13.6. The van der Waals surface area contributed by atoms with Gasteiger partial charge in [-0.1, -0.05) is 0 Å². The molecule has 0 spiro atoms. The minimum Gasteiger partial charge on any atom is -0.383 e. The molecule has 0 saturated carbocycles. The van der Waals surface area contributed by atoms with Crippen LogP contribution in [0.4, 0.5) is 8.78 Å². The Kier molecular flexibility index (Phi) is 4.73. The number of hydrogen-bond donors (Lipinski definition) is 1. The lowest BCUT2D eigenvalue weighted by Gasteiger charge is -2.21. The summed E-state index contributed by atoms with van der Waals surface area (Å²) >= 11 is 0. The van der Waals surface area contributed by atoms with Gasteiger partial charge < -0.3 is 9.64 Å². The van der Waals surface area contributed by atoms with Gasteiger partial charge in [0.25, 0.3) is 0 Å². The van der Waals surface area contributed by atoms with Gasteiger partial charge in [-0.3, -0.25) is 5.21 Å². The van der Waals surface area contributed by atoms with E-state index in [0.29, 0.717) is 35.7 Å². The summed E-state index contributed by atoms with van der Waals surface area (Å²) in [6.45, 7) is 1.16. The maximum Gasteiger partial charge on any atom is 0.213 e. The molecule has 0 bridgehead atoms. The van der Waals surface area contributed by atoms with E-state index in [1.54, 1.807) is 25.3 Å². The molecule has 0 aliphatic carbocycles. The Balaban J connectivity index is 2.12. The van der Waals surface area contributed by atoms with Crippen LogP contribution in [0.5, 0.6) is 0 Å². The molecule has 0 unspecified atom stereocenters. The standard InChI is InChI=1S/C17H17F2N3O2/c1-24-9-8-21-11-22(23)17(12-2-4-14(18)5-3-12)16(21)13-6-7-20-15(19)10-13/h2-7,10,23H,8-9,11H2,1H3. The lowest BCUT2D eigenvalue weighted by Crippen LogP contribution is -2.28. The van der Waals surface area contributed by atoms with Gasteiger partial charge in [0.05, 0.1) is 18.0 Å². The molecular formula is C17H17F2N3O2. The number of methoxy groups -OCH3 is 1. The van der Waals surface area contributed by atoms with Crippen LogP contribution in [0.2, 0.25) is 0 Å². The number of pyridine rings is 1. The summed E-state index contributed by atoms with van der Waals surface area (Å²) in [5.41, 5.74) is 2.33. The molecule has 0 radical (unpaired) electrons. The Labute approximate surface area is 138 Å². The zero-order chi connectivity index (χ0) is 17.1. The second-order valence-corrected chi connectivity index (χ2v) is 5.37. The lowest BCUT2D eigenvalue weighted by atomic mass is 10.1. The van der Waals surface area contributed by atoms with Gasteiger partial charge in [0.1, 0.15) is 12.5 Å². The number of hydrogen-bond acceptors (Lipinski definition) is 5. The molecule has 0 saturated heterocycles. The minimum atomic E-state index is -0.610.